The first-order valence-corrected chi connectivity index (χ1v) is 13.6. The molecule has 8 nitrogen and oxygen atoms in total. The molecule has 3 rings (SSSR count). The Morgan fingerprint density at radius 3 is 2.43 bits per heavy atom. The molecule has 1 heterocycles. The second-order valence-electron chi connectivity index (χ2n) is 7.85. The van der Waals surface area contributed by atoms with Gasteiger partial charge >= 0.3 is 0 Å². The van der Waals surface area contributed by atoms with Gasteiger partial charge in [0.1, 0.15) is 24.8 Å². The molecule has 0 aliphatic carbocycles. The van der Waals surface area contributed by atoms with Crippen LogP contribution in [0.15, 0.2) is 72.0 Å². The van der Waals surface area contributed by atoms with E-state index in [-0.39, 0.29) is 23.2 Å². The van der Waals surface area contributed by atoms with Crippen molar-refractivity contribution in [1.29, 1.82) is 0 Å². The summed E-state index contributed by atoms with van der Waals surface area (Å²) in [5.41, 5.74) is 2.84. The highest BCUT2D eigenvalue weighted by atomic mass is 35.5. The lowest BCUT2D eigenvalue weighted by Crippen LogP contribution is -2.29. The van der Waals surface area contributed by atoms with Crippen molar-refractivity contribution in [2.45, 2.75) is 12.7 Å². The number of nitrogens with one attached hydrogen (secondary N) is 1. The van der Waals surface area contributed by atoms with Gasteiger partial charge in [-0.15, -0.1) is 0 Å². The van der Waals surface area contributed by atoms with Gasteiger partial charge < -0.3 is 19.4 Å². The maximum absolute atomic E-state index is 12.4. The lowest BCUT2D eigenvalue weighted by molar-refractivity contribution is -0.114. The molecule has 10 heteroatoms. The number of benzene rings is 2. The molecule has 0 aliphatic heterocycles. The third-order valence-electron chi connectivity index (χ3n) is 4.85. The average molecular weight is 516 g/mol. The van der Waals surface area contributed by atoms with Gasteiger partial charge in [0.15, 0.2) is 13.1 Å². The Hall–Kier alpha value is -3.19. The van der Waals surface area contributed by atoms with Crippen molar-refractivity contribution in [2.75, 3.05) is 27.5 Å². The van der Waals surface area contributed by atoms with E-state index in [1.165, 1.54) is 14.2 Å². The fourth-order valence-electron chi connectivity index (χ4n) is 3.33. The fraction of sp³-hybridized carbons (Fsp3) is 0.240. The van der Waals surface area contributed by atoms with Crippen LogP contribution in [0.2, 0.25) is 5.02 Å². The zero-order valence-corrected chi connectivity index (χ0v) is 21.5. The summed E-state index contributed by atoms with van der Waals surface area (Å²) in [7, 11) is 0.0643. The van der Waals surface area contributed by atoms with Crippen LogP contribution in [0, 0.1) is 0 Å². The molecule has 0 spiro atoms. The molecule has 0 radical (unpaired) electrons. The zero-order valence-electron chi connectivity index (χ0n) is 19.9. The van der Waals surface area contributed by atoms with Crippen molar-refractivity contribution in [2.24, 2.45) is 5.16 Å². The SMILES string of the molecule is CNC(=O)/C(=N/OC)c1ccccc1COc1ncc(C(OP(C)(C)=O)c2ccccc2)cc1Cl. The van der Waals surface area contributed by atoms with Gasteiger partial charge in [-0.1, -0.05) is 71.4 Å². The monoisotopic (exact) mass is 515 g/mol. The second-order valence-corrected chi connectivity index (χ2v) is 11.0. The molecule has 35 heavy (non-hydrogen) atoms. The van der Waals surface area contributed by atoms with E-state index < -0.39 is 19.4 Å². The Bertz CT molecular complexity index is 1250. The second kappa shape index (κ2) is 12.0. The van der Waals surface area contributed by atoms with Crippen LogP contribution in [0.3, 0.4) is 0 Å². The first-order chi connectivity index (χ1) is 16.7. The number of carbonyl (C=O) groups excluding carboxylic acids is 1. The first-order valence-electron chi connectivity index (χ1n) is 10.7. The molecule has 0 fully saturated rings. The topological polar surface area (TPSA) is 99.1 Å². The standard InChI is InChI=1S/C25H27ClN3O5P/c1-27-24(30)22(29-32-2)20-13-9-8-12-18(20)16-33-25-21(26)14-19(15-28-25)23(34-35(3,4)31)17-10-6-5-7-11-17/h5-15,23H,16H2,1-4H3,(H,27,30)/b29-22+. The van der Waals surface area contributed by atoms with E-state index in [2.05, 4.69) is 15.5 Å². The van der Waals surface area contributed by atoms with Crippen molar-refractivity contribution in [1.82, 2.24) is 10.3 Å². The van der Waals surface area contributed by atoms with Crippen LogP contribution in [-0.2, 0) is 25.3 Å². The highest BCUT2D eigenvalue weighted by molar-refractivity contribution is 7.57. The van der Waals surface area contributed by atoms with Gasteiger partial charge in [-0.2, -0.15) is 0 Å². The number of aromatic nitrogens is 1. The molecule has 0 saturated heterocycles. The Balaban J connectivity index is 1.86. The Labute approximate surface area is 209 Å². The largest absolute Gasteiger partial charge is 0.472 e. The molecular formula is C25H27ClN3O5P. The molecule has 2 aromatic carbocycles. The predicted molar refractivity (Wildman–Crippen MR) is 136 cm³/mol. The van der Waals surface area contributed by atoms with E-state index in [9.17, 15) is 9.36 Å². The average Bonchev–Trinajstić information content (AvgIpc) is 2.85. The molecule has 0 aliphatic rings. The van der Waals surface area contributed by atoms with Gasteiger partial charge in [0.25, 0.3) is 5.91 Å². The highest BCUT2D eigenvalue weighted by Gasteiger charge is 2.23. The fourth-order valence-corrected chi connectivity index (χ4v) is 4.31. The van der Waals surface area contributed by atoms with E-state index in [0.29, 0.717) is 16.7 Å². The number of rotatable bonds is 10. The molecule has 1 atom stereocenters. The number of nitrogens with zero attached hydrogens (tertiary/aromatic N) is 2. The van der Waals surface area contributed by atoms with E-state index in [0.717, 1.165) is 5.56 Å². The van der Waals surface area contributed by atoms with Crippen molar-refractivity contribution >= 4 is 30.6 Å². The van der Waals surface area contributed by atoms with Gasteiger partial charge in [0, 0.05) is 37.7 Å². The number of pyridine rings is 1. The summed E-state index contributed by atoms with van der Waals surface area (Å²) in [6.07, 6.45) is 0.986. The smallest absolute Gasteiger partial charge is 0.273 e. The molecule has 0 bridgehead atoms. The van der Waals surface area contributed by atoms with Gasteiger partial charge in [-0.05, 0) is 17.2 Å². The van der Waals surface area contributed by atoms with Crippen LogP contribution in [0.4, 0.5) is 0 Å². The summed E-state index contributed by atoms with van der Waals surface area (Å²) in [4.78, 5) is 21.5. The third kappa shape index (κ3) is 7.15. The number of halogens is 1. The molecule has 1 amide bonds. The number of likely N-dealkylation sites (N-methyl/N-ethyl adjacent to an activating group) is 1. The summed E-state index contributed by atoms with van der Waals surface area (Å²) < 4.78 is 24.2. The molecule has 3 aromatic rings. The Morgan fingerprint density at radius 2 is 1.80 bits per heavy atom. The van der Waals surface area contributed by atoms with Crippen LogP contribution < -0.4 is 10.1 Å². The van der Waals surface area contributed by atoms with Crippen molar-refractivity contribution in [3.63, 3.8) is 0 Å². The number of amides is 1. The molecular weight excluding hydrogens is 489 g/mol. The Morgan fingerprint density at radius 1 is 1.11 bits per heavy atom. The summed E-state index contributed by atoms with van der Waals surface area (Å²) in [5.74, 6) is -0.186. The first kappa shape index (κ1) is 26.4. The maximum Gasteiger partial charge on any atom is 0.273 e. The molecule has 0 saturated carbocycles. The van der Waals surface area contributed by atoms with Gasteiger partial charge in [0.2, 0.25) is 5.88 Å². The molecule has 1 N–H and O–H groups in total. The summed E-state index contributed by atoms with van der Waals surface area (Å²) in [6, 6.07) is 18.3. The number of carbonyl (C=O) groups is 1. The number of hydrogen-bond acceptors (Lipinski definition) is 7. The number of ether oxygens (including phenoxy) is 1. The van der Waals surface area contributed by atoms with Crippen molar-refractivity contribution in [3.8, 4) is 5.88 Å². The van der Waals surface area contributed by atoms with Crippen molar-refractivity contribution in [3.05, 3.63) is 94.1 Å². The van der Waals surface area contributed by atoms with E-state index in [4.69, 9.17) is 25.7 Å². The van der Waals surface area contributed by atoms with Crippen LogP contribution in [0.25, 0.3) is 0 Å². The van der Waals surface area contributed by atoms with Gasteiger partial charge in [0.05, 0.1) is 0 Å². The van der Waals surface area contributed by atoms with E-state index >= 15 is 0 Å². The Kier molecular flexibility index (Phi) is 9.04. The molecule has 1 unspecified atom stereocenters. The minimum atomic E-state index is -2.82. The lowest BCUT2D eigenvalue weighted by Gasteiger charge is -2.21. The minimum Gasteiger partial charge on any atom is -0.472 e. The quantitative estimate of drug-likeness (QED) is 0.230. The van der Waals surface area contributed by atoms with Crippen molar-refractivity contribution < 1.29 is 23.5 Å². The van der Waals surface area contributed by atoms with E-state index in [1.807, 2.05) is 42.5 Å². The predicted octanol–water partition coefficient (Wildman–Crippen LogP) is 5.05. The van der Waals surface area contributed by atoms with E-state index in [1.54, 1.807) is 37.7 Å². The van der Waals surface area contributed by atoms with Crippen LogP contribution in [0.5, 0.6) is 5.88 Å². The lowest BCUT2D eigenvalue weighted by atomic mass is 10.0. The molecule has 1 aromatic heterocycles. The third-order valence-corrected chi connectivity index (χ3v) is 5.84. The minimum absolute atomic E-state index is 0.0830. The maximum atomic E-state index is 12.4. The molecule has 184 valence electrons. The zero-order chi connectivity index (χ0) is 25.4. The number of oxime groups is 1. The number of hydrogen-bond donors (Lipinski definition) is 1. The highest BCUT2D eigenvalue weighted by Crippen LogP contribution is 2.46. The van der Waals surface area contributed by atoms with Crippen LogP contribution in [-0.4, -0.2) is 44.1 Å². The van der Waals surface area contributed by atoms with Crippen LogP contribution >= 0.6 is 19.0 Å². The normalized spacial score (nSPS) is 12.7. The van der Waals surface area contributed by atoms with Gasteiger partial charge in [-0.3, -0.25) is 9.36 Å². The summed E-state index contributed by atoms with van der Waals surface area (Å²) in [6.45, 7) is 3.21. The van der Waals surface area contributed by atoms with Crippen LogP contribution in [0.1, 0.15) is 28.4 Å². The summed E-state index contributed by atoms with van der Waals surface area (Å²) >= 11 is 6.50. The van der Waals surface area contributed by atoms with Gasteiger partial charge in [-0.25, -0.2) is 4.98 Å². The summed E-state index contributed by atoms with van der Waals surface area (Å²) in [5, 5.41) is 6.67.